The molecule has 0 saturated carbocycles. The van der Waals surface area contributed by atoms with Crippen LogP contribution in [0.15, 0.2) is 48.5 Å². The van der Waals surface area contributed by atoms with Crippen LogP contribution in [0.2, 0.25) is 5.02 Å². The lowest BCUT2D eigenvalue weighted by molar-refractivity contribution is 0.0913. The molecule has 2 atom stereocenters. The van der Waals surface area contributed by atoms with Crippen LogP contribution in [0, 0.1) is 5.82 Å². The van der Waals surface area contributed by atoms with Crippen LogP contribution in [0.5, 0.6) is 0 Å². The number of hydrogen-bond donors (Lipinski definition) is 2. The van der Waals surface area contributed by atoms with Crippen molar-refractivity contribution in [3.8, 4) is 0 Å². The maximum absolute atomic E-state index is 13.6. The Bertz CT molecular complexity index is 648. The molecule has 0 heterocycles. The number of nitrogens with one attached hydrogen (secondary N) is 1. The van der Waals surface area contributed by atoms with Crippen molar-refractivity contribution in [3.05, 3.63) is 70.5 Å². The number of aliphatic hydroxyl groups excluding tert-OH is 1. The Kier molecular flexibility index (Phi) is 5.52. The van der Waals surface area contributed by atoms with Crippen LogP contribution in [-0.2, 0) is 0 Å². The predicted octanol–water partition coefficient (Wildman–Crippen LogP) is 3.72. The van der Waals surface area contributed by atoms with Gasteiger partial charge in [-0.3, -0.25) is 4.79 Å². The summed E-state index contributed by atoms with van der Waals surface area (Å²) in [5.41, 5.74) is 0.672. The third-order valence-corrected chi connectivity index (χ3v) is 3.55. The second-order valence-corrected chi connectivity index (χ2v) is 5.60. The number of benzene rings is 2. The Morgan fingerprint density at radius 1 is 1.27 bits per heavy atom. The van der Waals surface area contributed by atoms with E-state index in [2.05, 4.69) is 5.32 Å². The van der Waals surface area contributed by atoms with Crippen LogP contribution in [0.4, 0.5) is 4.39 Å². The maximum Gasteiger partial charge on any atom is 0.254 e. The van der Waals surface area contributed by atoms with Crippen molar-refractivity contribution in [2.75, 3.05) is 0 Å². The van der Waals surface area contributed by atoms with Crippen molar-refractivity contribution < 1.29 is 14.3 Å². The van der Waals surface area contributed by atoms with E-state index in [1.165, 1.54) is 12.1 Å². The minimum Gasteiger partial charge on any atom is -0.388 e. The van der Waals surface area contributed by atoms with Gasteiger partial charge in [-0.1, -0.05) is 41.9 Å². The fraction of sp³-hybridized carbons (Fsp3) is 0.235. The Morgan fingerprint density at radius 3 is 2.64 bits per heavy atom. The van der Waals surface area contributed by atoms with E-state index >= 15 is 0 Å². The zero-order valence-corrected chi connectivity index (χ0v) is 12.8. The van der Waals surface area contributed by atoms with Gasteiger partial charge in [0.15, 0.2) is 0 Å². The molecular formula is C17H17ClFNO2. The summed E-state index contributed by atoms with van der Waals surface area (Å²) in [7, 11) is 0. The first-order valence-corrected chi connectivity index (χ1v) is 7.34. The number of aliphatic hydroxyl groups is 1. The molecule has 0 aromatic heterocycles. The van der Waals surface area contributed by atoms with E-state index in [1.54, 1.807) is 6.92 Å². The summed E-state index contributed by atoms with van der Waals surface area (Å²) < 4.78 is 13.6. The summed E-state index contributed by atoms with van der Waals surface area (Å²) in [5, 5.41) is 13.1. The standard InChI is InChI=1S/C17H17ClFNO2/c1-11(9-16(21)12-5-3-2-4-6-12)20-17(22)14-10-13(18)7-8-15(14)19/h2-8,10-11,16,21H,9H2,1H3,(H,20,22). The van der Waals surface area contributed by atoms with E-state index < -0.39 is 17.8 Å². The fourth-order valence-electron chi connectivity index (χ4n) is 2.18. The van der Waals surface area contributed by atoms with Crippen LogP contribution in [-0.4, -0.2) is 17.1 Å². The van der Waals surface area contributed by atoms with E-state index in [4.69, 9.17) is 11.6 Å². The number of rotatable bonds is 5. The maximum atomic E-state index is 13.6. The Hall–Kier alpha value is -1.91. The molecule has 0 radical (unpaired) electrons. The summed E-state index contributed by atoms with van der Waals surface area (Å²) >= 11 is 5.78. The van der Waals surface area contributed by atoms with Gasteiger partial charge in [0, 0.05) is 11.1 Å². The minimum atomic E-state index is -0.694. The van der Waals surface area contributed by atoms with Crippen molar-refractivity contribution in [3.63, 3.8) is 0 Å². The van der Waals surface area contributed by atoms with Gasteiger partial charge in [0.2, 0.25) is 0 Å². The number of hydrogen-bond acceptors (Lipinski definition) is 2. The molecule has 2 aromatic rings. The molecule has 2 N–H and O–H groups in total. The second-order valence-electron chi connectivity index (χ2n) is 5.16. The first-order valence-electron chi connectivity index (χ1n) is 6.96. The summed E-state index contributed by atoms with van der Waals surface area (Å²) in [4.78, 5) is 12.1. The van der Waals surface area contributed by atoms with E-state index in [0.717, 1.165) is 11.6 Å². The van der Waals surface area contributed by atoms with Gasteiger partial charge in [-0.25, -0.2) is 4.39 Å². The van der Waals surface area contributed by atoms with Crippen LogP contribution in [0.1, 0.15) is 35.4 Å². The highest BCUT2D eigenvalue weighted by atomic mass is 35.5. The Balaban J connectivity index is 1.98. The van der Waals surface area contributed by atoms with Gasteiger partial charge in [0.05, 0.1) is 11.7 Å². The smallest absolute Gasteiger partial charge is 0.254 e. The number of halogens is 2. The quantitative estimate of drug-likeness (QED) is 0.881. The summed E-state index contributed by atoms with van der Waals surface area (Å²) in [6, 6.07) is 12.7. The van der Waals surface area contributed by atoms with Crippen LogP contribution in [0.3, 0.4) is 0 Å². The molecule has 0 aliphatic rings. The highest BCUT2D eigenvalue weighted by molar-refractivity contribution is 6.31. The topological polar surface area (TPSA) is 49.3 Å². The highest BCUT2D eigenvalue weighted by Gasteiger charge is 2.17. The summed E-state index contributed by atoms with van der Waals surface area (Å²) in [6.07, 6.45) is -0.363. The first kappa shape index (κ1) is 16.5. The first-order chi connectivity index (χ1) is 10.5. The van der Waals surface area contributed by atoms with Crippen molar-refractivity contribution in [1.82, 2.24) is 5.32 Å². The molecule has 1 amide bonds. The third kappa shape index (κ3) is 4.29. The van der Waals surface area contributed by atoms with Gasteiger partial charge in [-0.2, -0.15) is 0 Å². The Morgan fingerprint density at radius 2 is 1.95 bits per heavy atom. The van der Waals surface area contributed by atoms with Crippen LogP contribution >= 0.6 is 11.6 Å². The molecule has 116 valence electrons. The van der Waals surface area contributed by atoms with E-state index in [-0.39, 0.29) is 11.6 Å². The molecule has 0 aliphatic carbocycles. The lowest BCUT2D eigenvalue weighted by Crippen LogP contribution is -2.34. The molecule has 0 saturated heterocycles. The SMILES string of the molecule is CC(CC(O)c1ccccc1)NC(=O)c1cc(Cl)ccc1F. The predicted molar refractivity (Wildman–Crippen MR) is 84.4 cm³/mol. The third-order valence-electron chi connectivity index (χ3n) is 3.31. The largest absolute Gasteiger partial charge is 0.388 e. The second kappa shape index (κ2) is 7.38. The van der Waals surface area contributed by atoms with E-state index in [1.807, 2.05) is 30.3 Å². The van der Waals surface area contributed by atoms with Crippen LogP contribution in [0.25, 0.3) is 0 Å². The monoisotopic (exact) mass is 321 g/mol. The molecule has 5 heteroatoms. The molecular weight excluding hydrogens is 305 g/mol. The van der Waals surface area contributed by atoms with Gasteiger partial charge < -0.3 is 10.4 Å². The van der Waals surface area contributed by atoms with Crippen molar-refractivity contribution >= 4 is 17.5 Å². The number of carbonyl (C=O) groups is 1. The van der Waals surface area contributed by atoms with Gasteiger partial charge in [-0.15, -0.1) is 0 Å². The molecule has 0 fully saturated rings. The molecule has 3 nitrogen and oxygen atoms in total. The molecule has 2 unspecified atom stereocenters. The van der Waals surface area contributed by atoms with Crippen molar-refractivity contribution in [2.24, 2.45) is 0 Å². The van der Waals surface area contributed by atoms with Gasteiger partial charge in [0.1, 0.15) is 5.82 Å². The summed E-state index contributed by atoms with van der Waals surface area (Å²) in [5.74, 6) is -1.18. The van der Waals surface area contributed by atoms with Gasteiger partial charge in [-0.05, 0) is 37.1 Å². The van der Waals surface area contributed by atoms with Gasteiger partial charge in [0.25, 0.3) is 5.91 Å². The summed E-state index contributed by atoms with van der Waals surface area (Å²) in [6.45, 7) is 1.76. The number of amides is 1. The molecule has 0 aliphatic heterocycles. The lowest BCUT2D eigenvalue weighted by Gasteiger charge is -2.18. The van der Waals surface area contributed by atoms with Gasteiger partial charge >= 0.3 is 0 Å². The zero-order valence-electron chi connectivity index (χ0n) is 12.1. The van der Waals surface area contributed by atoms with Crippen LogP contribution < -0.4 is 5.32 Å². The van der Waals surface area contributed by atoms with Crippen molar-refractivity contribution in [1.29, 1.82) is 0 Å². The van der Waals surface area contributed by atoms with E-state index in [9.17, 15) is 14.3 Å². The fourth-order valence-corrected chi connectivity index (χ4v) is 2.35. The molecule has 0 spiro atoms. The molecule has 2 aromatic carbocycles. The van der Waals surface area contributed by atoms with Crippen molar-refractivity contribution in [2.45, 2.75) is 25.5 Å². The average Bonchev–Trinajstić information content (AvgIpc) is 2.50. The Labute approximate surface area is 133 Å². The highest BCUT2D eigenvalue weighted by Crippen LogP contribution is 2.19. The zero-order chi connectivity index (χ0) is 16.1. The molecule has 22 heavy (non-hydrogen) atoms. The lowest BCUT2D eigenvalue weighted by atomic mass is 10.0. The molecule has 2 rings (SSSR count). The molecule has 0 bridgehead atoms. The minimum absolute atomic E-state index is 0.103. The number of carbonyl (C=O) groups excluding carboxylic acids is 1. The average molecular weight is 322 g/mol. The normalized spacial score (nSPS) is 13.5. The van der Waals surface area contributed by atoms with E-state index in [0.29, 0.717) is 11.4 Å².